The third-order valence-electron chi connectivity index (χ3n) is 6.87. The quantitative estimate of drug-likeness (QED) is 0.437. The van der Waals surface area contributed by atoms with Gasteiger partial charge in [-0.1, -0.05) is 54.9 Å². The molecule has 0 fully saturated rings. The average molecular weight is 534 g/mol. The Hall–Kier alpha value is -3.29. The Morgan fingerprint density at radius 1 is 1.00 bits per heavy atom. The Kier molecular flexibility index (Phi) is 9.48. The highest BCUT2D eigenvalue weighted by atomic mass is 35.5. The van der Waals surface area contributed by atoms with Crippen molar-refractivity contribution in [3.05, 3.63) is 88.0 Å². The van der Waals surface area contributed by atoms with E-state index in [0.29, 0.717) is 54.7 Å². The highest BCUT2D eigenvalue weighted by molar-refractivity contribution is 6.31. The number of carbonyl (C=O) groups is 2. The lowest BCUT2D eigenvalue weighted by Gasteiger charge is -2.28. The number of hydrogen-bond acceptors (Lipinski definition) is 5. The number of rotatable bonds is 5. The molecule has 0 unspecified atom stereocenters. The van der Waals surface area contributed by atoms with Gasteiger partial charge in [-0.3, -0.25) is 14.5 Å². The van der Waals surface area contributed by atoms with E-state index in [0.717, 1.165) is 37.2 Å². The fraction of sp³-hybridized carbons (Fsp3) is 0.400. The van der Waals surface area contributed by atoms with Crippen molar-refractivity contribution in [1.29, 1.82) is 0 Å². The Morgan fingerprint density at radius 2 is 1.79 bits per heavy atom. The van der Waals surface area contributed by atoms with E-state index in [9.17, 15) is 9.59 Å². The summed E-state index contributed by atoms with van der Waals surface area (Å²) in [5.41, 5.74) is 4.05. The zero-order valence-corrected chi connectivity index (χ0v) is 23.2. The van der Waals surface area contributed by atoms with Gasteiger partial charge in [0.25, 0.3) is 5.91 Å². The highest BCUT2D eigenvalue weighted by Crippen LogP contribution is 2.29. The largest absolute Gasteiger partial charge is 0.333 e. The van der Waals surface area contributed by atoms with Crippen molar-refractivity contribution in [2.24, 2.45) is 0 Å². The lowest BCUT2D eigenvalue weighted by atomic mass is 10.1. The van der Waals surface area contributed by atoms with E-state index in [1.54, 1.807) is 6.20 Å². The number of amides is 2. The second-order valence-corrected chi connectivity index (χ2v) is 10.3. The molecule has 1 aromatic heterocycles. The van der Waals surface area contributed by atoms with Gasteiger partial charge in [-0.2, -0.15) is 0 Å². The van der Waals surface area contributed by atoms with Gasteiger partial charge in [0.15, 0.2) is 0 Å². The Balaban J connectivity index is 1.72. The number of aryl methyl sites for hydroxylation is 2. The minimum Gasteiger partial charge on any atom is -0.333 e. The van der Waals surface area contributed by atoms with Crippen LogP contribution < -0.4 is 4.90 Å². The van der Waals surface area contributed by atoms with Crippen LogP contribution in [0.2, 0.25) is 5.02 Å². The molecular weight excluding hydrogens is 498 g/mol. The molecule has 200 valence electrons. The maximum Gasteiger partial charge on any atom is 0.257 e. The first-order valence-corrected chi connectivity index (χ1v) is 13.7. The van der Waals surface area contributed by atoms with E-state index in [2.05, 4.69) is 27.0 Å². The SMILES string of the molecule is CCCC(=O)N1CCCN(Cc2ccccc2)CCN(C(=O)c2cnc(C)nc2C)Cc2ccc(Cl)cc21. The van der Waals surface area contributed by atoms with Gasteiger partial charge in [0.1, 0.15) is 5.82 Å². The Bertz CT molecular complexity index is 1270. The molecule has 2 aromatic carbocycles. The summed E-state index contributed by atoms with van der Waals surface area (Å²) in [6, 6.07) is 16.0. The molecule has 7 nitrogen and oxygen atoms in total. The third-order valence-corrected chi connectivity index (χ3v) is 7.11. The van der Waals surface area contributed by atoms with E-state index in [1.807, 2.05) is 67.0 Å². The first kappa shape index (κ1) is 27.7. The second-order valence-electron chi connectivity index (χ2n) is 9.83. The van der Waals surface area contributed by atoms with Gasteiger partial charge in [-0.25, -0.2) is 9.97 Å². The molecular formula is C30H36ClN5O2. The van der Waals surface area contributed by atoms with Gasteiger partial charge in [0, 0.05) is 56.9 Å². The average Bonchev–Trinajstić information content (AvgIpc) is 2.92. The van der Waals surface area contributed by atoms with E-state index >= 15 is 0 Å². The lowest BCUT2D eigenvalue weighted by Crippen LogP contribution is -2.39. The van der Waals surface area contributed by atoms with Gasteiger partial charge >= 0.3 is 0 Å². The van der Waals surface area contributed by atoms with Gasteiger partial charge in [-0.15, -0.1) is 0 Å². The summed E-state index contributed by atoms with van der Waals surface area (Å²) in [5.74, 6) is 0.592. The van der Waals surface area contributed by atoms with Crippen molar-refractivity contribution in [2.75, 3.05) is 31.1 Å². The van der Waals surface area contributed by atoms with Crippen molar-refractivity contribution in [2.45, 2.75) is 53.1 Å². The molecule has 2 amide bonds. The number of anilines is 1. The summed E-state index contributed by atoms with van der Waals surface area (Å²) in [4.78, 5) is 41.9. The minimum atomic E-state index is -0.117. The molecule has 0 N–H and O–H groups in total. The molecule has 3 aromatic rings. The van der Waals surface area contributed by atoms with Crippen LogP contribution in [0.3, 0.4) is 0 Å². The van der Waals surface area contributed by atoms with Crippen molar-refractivity contribution in [3.8, 4) is 0 Å². The van der Waals surface area contributed by atoms with Gasteiger partial charge in [0.05, 0.1) is 16.9 Å². The van der Waals surface area contributed by atoms with Gasteiger partial charge in [0.2, 0.25) is 5.91 Å². The number of benzene rings is 2. The van der Waals surface area contributed by atoms with Crippen molar-refractivity contribution >= 4 is 29.1 Å². The summed E-state index contributed by atoms with van der Waals surface area (Å²) in [6.07, 6.45) is 3.66. The van der Waals surface area contributed by atoms with Gasteiger partial charge in [-0.05, 0) is 49.9 Å². The van der Waals surface area contributed by atoms with Crippen molar-refractivity contribution in [3.63, 3.8) is 0 Å². The number of nitrogens with zero attached hydrogens (tertiary/aromatic N) is 5. The summed E-state index contributed by atoms with van der Waals surface area (Å²) < 4.78 is 0. The molecule has 2 heterocycles. The van der Waals surface area contributed by atoms with Crippen LogP contribution in [0.25, 0.3) is 0 Å². The monoisotopic (exact) mass is 533 g/mol. The first-order chi connectivity index (χ1) is 18.4. The van der Waals surface area contributed by atoms with Crippen LogP contribution in [0, 0.1) is 13.8 Å². The molecule has 1 aliphatic rings. The molecule has 0 radical (unpaired) electrons. The lowest BCUT2D eigenvalue weighted by molar-refractivity contribution is -0.118. The van der Waals surface area contributed by atoms with Crippen molar-refractivity contribution in [1.82, 2.24) is 19.8 Å². The molecule has 8 heteroatoms. The van der Waals surface area contributed by atoms with E-state index in [1.165, 1.54) is 5.56 Å². The molecule has 0 atom stereocenters. The number of aromatic nitrogens is 2. The van der Waals surface area contributed by atoms with E-state index < -0.39 is 0 Å². The first-order valence-electron chi connectivity index (χ1n) is 13.3. The zero-order chi connectivity index (χ0) is 27.1. The van der Waals surface area contributed by atoms with Crippen LogP contribution in [0.1, 0.15) is 59.2 Å². The highest BCUT2D eigenvalue weighted by Gasteiger charge is 2.25. The summed E-state index contributed by atoms with van der Waals surface area (Å²) in [7, 11) is 0. The molecule has 0 spiro atoms. The standard InChI is InChI=1S/C30H36ClN5O2/c1-4-9-29(37)36-15-8-14-34(20-24-10-6-5-7-11-24)16-17-35(21-25-12-13-26(31)18-28(25)36)30(38)27-19-32-23(3)33-22(27)2/h5-7,10-13,18-19H,4,8-9,14-17,20-21H2,1-3H3. The smallest absolute Gasteiger partial charge is 0.257 e. The zero-order valence-electron chi connectivity index (χ0n) is 22.5. The summed E-state index contributed by atoms with van der Waals surface area (Å²) in [6.45, 7) is 9.43. The maximum atomic E-state index is 13.9. The molecule has 0 aliphatic carbocycles. The van der Waals surface area contributed by atoms with Crippen LogP contribution in [-0.4, -0.2) is 57.8 Å². The predicted molar refractivity (Wildman–Crippen MR) is 151 cm³/mol. The molecule has 1 aliphatic heterocycles. The Morgan fingerprint density at radius 3 is 2.53 bits per heavy atom. The van der Waals surface area contributed by atoms with Gasteiger partial charge < -0.3 is 9.80 Å². The van der Waals surface area contributed by atoms with Crippen LogP contribution in [-0.2, 0) is 17.9 Å². The van der Waals surface area contributed by atoms with Crippen LogP contribution in [0.5, 0.6) is 0 Å². The molecule has 0 bridgehead atoms. The molecule has 0 saturated carbocycles. The number of carbonyl (C=O) groups excluding carboxylic acids is 2. The molecule has 4 rings (SSSR count). The predicted octanol–water partition coefficient (Wildman–Crippen LogP) is 5.43. The van der Waals surface area contributed by atoms with E-state index in [-0.39, 0.29) is 11.8 Å². The normalized spacial score (nSPS) is 15.1. The second kappa shape index (κ2) is 13.0. The topological polar surface area (TPSA) is 69.6 Å². The minimum absolute atomic E-state index is 0.0746. The summed E-state index contributed by atoms with van der Waals surface area (Å²) in [5, 5.41) is 0.569. The third kappa shape index (κ3) is 6.97. The molecule has 0 saturated heterocycles. The number of halogens is 1. The van der Waals surface area contributed by atoms with Crippen LogP contribution in [0.15, 0.2) is 54.7 Å². The number of fused-ring (bicyclic) bond motifs is 1. The fourth-order valence-corrected chi connectivity index (χ4v) is 5.06. The molecule has 38 heavy (non-hydrogen) atoms. The summed E-state index contributed by atoms with van der Waals surface area (Å²) >= 11 is 6.42. The van der Waals surface area contributed by atoms with E-state index in [4.69, 9.17) is 11.6 Å². The van der Waals surface area contributed by atoms with Crippen LogP contribution >= 0.6 is 11.6 Å². The fourth-order valence-electron chi connectivity index (χ4n) is 4.90. The van der Waals surface area contributed by atoms with Crippen molar-refractivity contribution < 1.29 is 9.59 Å². The number of hydrogen-bond donors (Lipinski definition) is 0. The maximum absolute atomic E-state index is 13.9. The van der Waals surface area contributed by atoms with Crippen LogP contribution in [0.4, 0.5) is 5.69 Å². The Labute approximate surface area is 230 Å².